The Hall–Kier alpha value is -2.05. The molecule has 1 N–H and O–H groups in total. The van der Waals surface area contributed by atoms with Gasteiger partial charge in [0.1, 0.15) is 5.69 Å². The normalized spacial score (nSPS) is 18.1. The predicted molar refractivity (Wildman–Crippen MR) is 117 cm³/mol. The van der Waals surface area contributed by atoms with E-state index in [0.29, 0.717) is 25.1 Å². The van der Waals surface area contributed by atoms with E-state index in [2.05, 4.69) is 10.5 Å². The molecule has 3 heterocycles. The third-order valence-corrected chi connectivity index (χ3v) is 7.96. The van der Waals surface area contributed by atoms with Gasteiger partial charge < -0.3 is 19.3 Å². The standard InChI is InChI=1S/C20H27N3O6S2/c1-14-19(17(29-22-14)9-8-16-7-5-11-30-16)31(25,26)23-10-4-6-15(13-23)20(24)21-12-18(27-2)28-3/h5,7-9,11,15,18H,4,6,10,12-13H2,1-3H3,(H,21,24)/b9-8+. The highest BCUT2D eigenvalue weighted by Gasteiger charge is 2.37. The van der Waals surface area contributed by atoms with Crippen molar-refractivity contribution in [2.24, 2.45) is 5.92 Å². The largest absolute Gasteiger partial charge is 0.355 e. The molecule has 0 bridgehead atoms. The van der Waals surface area contributed by atoms with Gasteiger partial charge >= 0.3 is 0 Å². The number of piperidine rings is 1. The van der Waals surface area contributed by atoms with Crippen LogP contribution >= 0.6 is 11.3 Å². The first-order valence-electron chi connectivity index (χ1n) is 9.88. The minimum Gasteiger partial charge on any atom is -0.355 e. The van der Waals surface area contributed by atoms with Gasteiger partial charge in [-0.15, -0.1) is 11.3 Å². The summed E-state index contributed by atoms with van der Waals surface area (Å²) in [5, 5.41) is 8.57. The van der Waals surface area contributed by atoms with Crippen LogP contribution in [-0.4, -0.2) is 63.9 Å². The van der Waals surface area contributed by atoms with Crippen LogP contribution in [0.2, 0.25) is 0 Å². The zero-order valence-corrected chi connectivity index (χ0v) is 19.4. The summed E-state index contributed by atoms with van der Waals surface area (Å²) < 4.78 is 43.6. The van der Waals surface area contributed by atoms with Gasteiger partial charge in [-0.2, -0.15) is 4.31 Å². The lowest BCUT2D eigenvalue weighted by molar-refractivity contribution is -0.131. The van der Waals surface area contributed by atoms with E-state index in [1.807, 2.05) is 17.5 Å². The van der Waals surface area contributed by atoms with E-state index in [0.717, 1.165) is 4.88 Å². The maximum Gasteiger partial charge on any atom is 0.248 e. The number of nitrogens with one attached hydrogen (secondary N) is 1. The molecule has 2 aromatic heterocycles. The van der Waals surface area contributed by atoms with Crippen molar-refractivity contribution in [1.82, 2.24) is 14.8 Å². The van der Waals surface area contributed by atoms with Crippen molar-refractivity contribution in [3.05, 3.63) is 33.8 Å². The molecule has 1 saturated heterocycles. The predicted octanol–water partition coefficient (Wildman–Crippen LogP) is 2.35. The van der Waals surface area contributed by atoms with Crippen molar-refractivity contribution in [2.45, 2.75) is 31.0 Å². The zero-order valence-electron chi connectivity index (χ0n) is 17.7. The van der Waals surface area contributed by atoms with Gasteiger partial charge in [-0.1, -0.05) is 11.2 Å². The summed E-state index contributed by atoms with van der Waals surface area (Å²) >= 11 is 1.53. The van der Waals surface area contributed by atoms with Crippen LogP contribution in [0.4, 0.5) is 0 Å². The van der Waals surface area contributed by atoms with Crippen molar-refractivity contribution in [3.63, 3.8) is 0 Å². The van der Waals surface area contributed by atoms with E-state index in [-0.39, 0.29) is 29.7 Å². The van der Waals surface area contributed by atoms with Gasteiger partial charge in [0.25, 0.3) is 0 Å². The molecule has 1 fully saturated rings. The number of thiophene rings is 1. The second kappa shape index (κ2) is 10.5. The number of rotatable bonds is 9. The second-order valence-corrected chi connectivity index (χ2v) is 10.0. The number of sulfonamides is 1. The molecule has 1 unspecified atom stereocenters. The first kappa shape index (κ1) is 23.6. The van der Waals surface area contributed by atoms with Crippen LogP contribution in [0.25, 0.3) is 12.2 Å². The van der Waals surface area contributed by atoms with Gasteiger partial charge in [0.2, 0.25) is 15.9 Å². The average Bonchev–Trinajstić information content (AvgIpc) is 3.42. The highest BCUT2D eigenvalue weighted by molar-refractivity contribution is 7.89. The second-order valence-electron chi connectivity index (χ2n) is 7.16. The van der Waals surface area contributed by atoms with Crippen molar-refractivity contribution in [1.29, 1.82) is 0 Å². The average molecular weight is 470 g/mol. The highest BCUT2D eigenvalue weighted by Crippen LogP contribution is 2.29. The van der Waals surface area contributed by atoms with Crippen molar-refractivity contribution < 1.29 is 27.2 Å². The molecule has 0 aromatic carbocycles. The fourth-order valence-electron chi connectivity index (χ4n) is 3.44. The summed E-state index contributed by atoms with van der Waals surface area (Å²) in [6.07, 6.45) is 4.04. The number of nitrogens with zero attached hydrogens (tertiary/aromatic N) is 2. The monoisotopic (exact) mass is 469 g/mol. The van der Waals surface area contributed by atoms with Crippen molar-refractivity contribution in [3.8, 4) is 0 Å². The Labute approximate surface area is 186 Å². The van der Waals surface area contributed by atoms with Crippen molar-refractivity contribution in [2.75, 3.05) is 33.9 Å². The molecule has 0 radical (unpaired) electrons. The Morgan fingerprint density at radius 3 is 2.87 bits per heavy atom. The molecule has 1 aliphatic rings. The minimum absolute atomic E-state index is 0.0418. The summed E-state index contributed by atoms with van der Waals surface area (Å²) in [6.45, 7) is 2.22. The SMILES string of the molecule is COC(CNC(=O)C1CCCN(S(=O)(=O)c2c(C)noc2/C=C/c2cccs2)C1)OC. The molecular formula is C20H27N3O6S2. The smallest absolute Gasteiger partial charge is 0.248 e. The third kappa shape index (κ3) is 5.60. The van der Waals surface area contributed by atoms with Gasteiger partial charge in [0.15, 0.2) is 16.9 Å². The highest BCUT2D eigenvalue weighted by atomic mass is 32.2. The Bertz CT molecular complexity index is 996. The molecule has 2 aromatic rings. The lowest BCUT2D eigenvalue weighted by Gasteiger charge is -2.31. The molecule has 11 heteroatoms. The number of aromatic nitrogens is 1. The van der Waals surface area contributed by atoms with Gasteiger partial charge in [-0.05, 0) is 43.4 Å². The van der Waals surface area contributed by atoms with E-state index < -0.39 is 22.2 Å². The maximum absolute atomic E-state index is 13.4. The Balaban J connectivity index is 1.75. The van der Waals surface area contributed by atoms with E-state index >= 15 is 0 Å². The molecule has 1 aliphatic heterocycles. The van der Waals surface area contributed by atoms with Crippen molar-refractivity contribution >= 4 is 39.4 Å². The Kier molecular flexibility index (Phi) is 8.00. The van der Waals surface area contributed by atoms with Crippen LogP contribution in [0.15, 0.2) is 26.9 Å². The number of hydrogen-bond acceptors (Lipinski definition) is 8. The van der Waals surface area contributed by atoms with E-state index in [4.69, 9.17) is 14.0 Å². The summed E-state index contributed by atoms with van der Waals surface area (Å²) in [6, 6.07) is 3.83. The van der Waals surface area contributed by atoms with Gasteiger partial charge in [0, 0.05) is 32.2 Å². The number of hydrogen-bond donors (Lipinski definition) is 1. The molecular weight excluding hydrogens is 442 g/mol. The number of carbonyl (C=O) groups is 1. The third-order valence-electron chi connectivity index (χ3n) is 5.10. The van der Waals surface area contributed by atoms with Crippen LogP contribution in [0.5, 0.6) is 0 Å². The molecule has 31 heavy (non-hydrogen) atoms. The molecule has 9 nitrogen and oxygen atoms in total. The lowest BCUT2D eigenvalue weighted by atomic mass is 9.99. The first-order chi connectivity index (χ1) is 14.9. The molecule has 170 valence electrons. The molecule has 1 amide bonds. The van der Waals surface area contributed by atoms with E-state index in [1.54, 1.807) is 19.1 Å². The van der Waals surface area contributed by atoms with Crippen LogP contribution in [0.1, 0.15) is 29.2 Å². The van der Waals surface area contributed by atoms with Crippen LogP contribution < -0.4 is 5.32 Å². The van der Waals surface area contributed by atoms with Gasteiger partial charge in [-0.3, -0.25) is 4.79 Å². The van der Waals surface area contributed by atoms with Crippen LogP contribution in [0.3, 0.4) is 0 Å². The molecule has 0 saturated carbocycles. The molecule has 0 spiro atoms. The topological polar surface area (TPSA) is 111 Å². The molecule has 3 rings (SSSR count). The number of methoxy groups -OCH3 is 2. The van der Waals surface area contributed by atoms with Gasteiger partial charge in [0.05, 0.1) is 12.5 Å². The Morgan fingerprint density at radius 1 is 1.42 bits per heavy atom. The number of ether oxygens (including phenoxy) is 2. The fourth-order valence-corrected chi connectivity index (χ4v) is 5.83. The van der Waals surface area contributed by atoms with Crippen LogP contribution in [0, 0.1) is 12.8 Å². The zero-order chi connectivity index (χ0) is 22.4. The number of carbonyl (C=O) groups excluding carboxylic acids is 1. The minimum atomic E-state index is -3.88. The summed E-state index contributed by atoms with van der Waals surface area (Å²) in [4.78, 5) is 13.6. The number of aryl methyl sites for hydroxylation is 1. The Morgan fingerprint density at radius 2 is 2.19 bits per heavy atom. The quantitative estimate of drug-likeness (QED) is 0.561. The van der Waals surface area contributed by atoms with E-state index in [1.165, 1.54) is 29.9 Å². The first-order valence-corrected chi connectivity index (χ1v) is 12.2. The van der Waals surface area contributed by atoms with Gasteiger partial charge in [-0.25, -0.2) is 8.42 Å². The summed E-state index contributed by atoms with van der Waals surface area (Å²) in [5.74, 6) is -0.498. The summed E-state index contributed by atoms with van der Waals surface area (Å²) in [7, 11) is -0.904. The van der Waals surface area contributed by atoms with Crippen LogP contribution in [-0.2, 0) is 24.3 Å². The number of amides is 1. The lowest BCUT2D eigenvalue weighted by Crippen LogP contribution is -2.47. The van der Waals surface area contributed by atoms with E-state index in [9.17, 15) is 13.2 Å². The molecule has 0 aliphatic carbocycles. The fraction of sp³-hybridized carbons (Fsp3) is 0.500. The molecule has 1 atom stereocenters. The maximum atomic E-state index is 13.4. The summed E-state index contributed by atoms with van der Waals surface area (Å²) in [5.41, 5.74) is 0.292.